The van der Waals surface area contributed by atoms with Gasteiger partial charge in [0, 0.05) is 24.0 Å². The van der Waals surface area contributed by atoms with Crippen molar-refractivity contribution in [2.45, 2.75) is 32.1 Å². The molecule has 3 rings (SSSR count). The van der Waals surface area contributed by atoms with Crippen LogP contribution < -0.4 is 0 Å². The van der Waals surface area contributed by atoms with Crippen molar-refractivity contribution >= 4 is 21.8 Å². The number of aryl methyl sites for hydroxylation is 2. The smallest absolute Gasteiger partial charge is 0.253 e. The molecule has 0 N–H and O–H groups in total. The Balaban J connectivity index is 1.70. The Kier molecular flexibility index (Phi) is 3.92. The third-order valence-electron chi connectivity index (χ3n) is 4.47. The molecule has 0 bridgehead atoms. The lowest BCUT2D eigenvalue weighted by Gasteiger charge is -2.31. The van der Waals surface area contributed by atoms with Gasteiger partial charge in [0.15, 0.2) is 0 Å². The van der Waals surface area contributed by atoms with E-state index in [-0.39, 0.29) is 5.91 Å². The average molecular weight is 322 g/mol. The van der Waals surface area contributed by atoms with Gasteiger partial charge in [-0.3, -0.25) is 4.79 Å². The summed E-state index contributed by atoms with van der Waals surface area (Å²) < 4.78 is 0. The van der Waals surface area contributed by atoms with Crippen molar-refractivity contribution in [1.82, 2.24) is 4.90 Å². The van der Waals surface area contributed by atoms with Gasteiger partial charge in [-0.15, -0.1) is 0 Å². The molecule has 19 heavy (non-hydrogen) atoms. The maximum atomic E-state index is 12.5. The zero-order valence-corrected chi connectivity index (χ0v) is 12.8. The van der Waals surface area contributed by atoms with Gasteiger partial charge >= 0.3 is 0 Å². The van der Waals surface area contributed by atoms with Crippen LogP contribution in [0.25, 0.3) is 0 Å². The molecule has 2 nitrogen and oxygen atoms in total. The lowest BCUT2D eigenvalue weighted by Crippen LogP contribution is -2.38. The Morgan fingerprint density at radius 2 is 1.95 bits per heavy atom. The van der Waals surface area contributed by atoms with Gasteiger partial charge in [-0.2, -0.15) is 0 Å². The van der Waals surface area contributed by atoms with Gasteiger partial charge in [-0.05, 0) is 61.3 Å². The summed E-state index contributed by atoms with van der Waals surface area (Å²) in [7, 11) is 0. The lowest BCUT2D eigenvalue weighted by molar-refractivity contribution is 0.0699. The molecule has 0 unspecified atom stereocenters. The topological polar surface area (TPSA) is 20.3 Å². The number of halogens is 1. The number of piperidine rings is 1. The highest BCUT2D eigenvalue weighted by Crippen LogP contribution is 2.25. The third kappa shape index (κ3) is 2.71. The monoisotopic (exact) mass is 321 g/mol. The number of hydrogen-bond donors (Lipinski definition) is 0. The van der Waals surface area contributed by atoms with E-state index in [0.717, 1.165) is 49.2 Å². The second kappa shape index (κ2) is 5.66. The Morgan fingerprint density at radius 3 is 2.68 bits per heavy atom. The standard InChI is InChI=1S/C16H20BrNO/c17-11-12-6-8-18(9-7-12)16(19)15-5-4-13-2-1-3-14(13)10-15/h4-5,10,12H,1-3,6-9,11H2. The van der Waals surface area contributed by atoms with Crippen LogP contribution in [0.15, 0.2) is 18.2 Å². The van der Waals surface area contributed by atoms with Crippen LogP contribution in [0.2, 0.25) is 0 Å². The predicted octanol–water partition coefficient (Wildman–Crippen LogP) is 3.42. The molecule has 102 valence electrons. The molecule has 0 radical (unpaired) electrons. The predicted molar refractivity (Wildman–Crippen MR) is 80.9 cm³/mol. The summed E-state index contributed by atoms with van der Waals surface area (Å²) in [5.74, 6) is 0.965. The number of benzene rings is 1. The van der Waals surface area contributed by atoms with Gasteiger partial charge in [0.05, 0.1) is 0 Å². The molecule has 1 fully saturated rings. The number of fused-ring (bicyclic) bond motifs is 1. The number of carbonyl (C=O) groups excluding carboxylic acids is 1. The number of likely N-dealkylation sites (tertiary alicyclic amines) is 1. The second-order valence-electron chi connectivity index (χ2n) is 5.73. The van der Waals surface area contributed by atoms with E-state index >= 15 is 0 Å². The number of alkyl halides is 1. The first kappa shape index (κ1) is 13.2. The van der Waals surface area contributed by atoms with E-state index in [0.29, 0.717) is 0 Å². The van der Waals surface area contributed by atoms with Crippen molar-refractivity contribution in [3.8, 4) is 0 Å². The molecule has 0 aromatic heterocycles. The third-order valence-corrected chi connectivity index (χ3v) is 5.38. The molecule has 1 aliphatic carbocycles. The van der Waals surface area contributed by atoms with Crippen molar-refractivity contribution in [2.24, 2.45) is 5.92 Å². The van der Waals surface area contributed by atoms with Crippen LogP contribution in [0.5, 0.6) is 0 Å². The summed E-state index contributed by atoms with van der Waals surface area (Å²) in [6.45, 7) is 1.82. The van der Waals surface area contributed by atoms with Crippen LogP contribution in [0.1, 0.15) is 40.7 Å². The molecule has 0 spiro atoms. The molecule has 1 aliphatic heterocycles. The van der Waals surface area contributed by atoms with E-state index in [2.05, 4.69) is 28.1 Å². The van der Waals surface area contributed by atoms with Gasteiger partial charge in [-0.25, -0.2) is 0 Å². The number of rotatable bonds is 2. The fraction of sp³-hybridized carbons (Fsp3) is 0.562. The normalized spacial score (nSPS) is 19.5. The van der Waals surface area contributed by atoms with Crippen LogP contribution in [0.3, 0.4) is 0 Å². The number of nitrogens with zero attached hydrogens (tertiary/aromatic N) is 1. The Hall–Kier alpha value is -0.830. The summed E-state index contributed by atoms with van der Waals surface area (Å²) in [5.41, 5.74) is 3.72. The molecule has 3 heteroatoms. The van der Waals surface area contributed by atoms with Crippen molar-refractivity contribution < 1.29 is 4.79 Å². The van der Waals surface area contributed by atoms with Gasteiger partial charge in [0.2, 0.25) is 0 Å². The van der Waals surface area contributed by atoms with Gasteiger partial charge < -0.3 is 4.90 Å². The lowest BCUT2D eigenvalue weighted by atomic mass is 9.98. The van der Waals surface area contributed by atoms with Gasteiger partial charge in [-0.1, -0.05) is 22.0 Å². The minimum atomic E-state index is 0.225. The molecule has 0 saturated carbocycles. The fourth-order valence-corrected chi connectivity index (χ4v) is 3.83. The van der Waals surface area contributed by atoms with E-state index in [9.17, 15) is 4.79 Å². The summed E-state index contributed by atoms with van der Waals surface area (Å²) >= 11 is 3.54. The Bertz CT molecular complexity index is 478. The maximum Gasteiger partial charge on any atom is 0.253 e. The van der Waals surface area contributed by atoms with Gasteiger partial charge in [0.25, 0.3) is 5.91 Å². The van der Waals surface area contributed by atoms with Crippen LogP contribution in [-0.4, -0.2) is 29.2 Å². The summed E-state index contributed by atoms with van der Waals surface area (Å²) in [6.07, 6.45) is 5.82. The molecule has 1 amide bonds. The molecule has 1 aromatic rings. The van der Waals surface area contributed by atoms with Crippen LogP contribution in [0, 0.1) is 5.92 Å². The van der Waals surface area contributed by atoms with Crippen LogP contribution in [0.4, 0.5) is 0 Å². The highest BCUT2D eigenvalue weighted by atomic mass is 79.9. The zero-order chi connectivity index (χ0) is 13.2. The van der Waals surface area contributed by atoms with Gasteiger partial charge in [0.1, 0.15) is 0 Å². The zero-order valence-electron chi connectivity index (χ0n) is 11.2. The maximum absolute atomic E-state index is 12.5. The first-order valence-electron chi connectivity index (χ1n) is 7.25. The molecule has 0 atom stereocenters. The number of hydrogen-bond acceptors (Lipinski definition) is 1. The van der Waals surface area contributed by atoms with E-state index in [1.54, 1.807) is 0 Å². The minimum Gasteiger partial charge on any atom is -0.339 e. The summed E-state index contributed by atoms with van der Waals surface area (Å²) in [5, 5.41) is 1.06. The first-order valence-corrected chi connectivity index (χ1v) is 8.37. The van der Waals surface area contributed by atoms with Crippen molar-refractivity contribution in [3.63, 3.8) is 0 Å². The Morgan fingerprint density at radius 1 is 1.21 bits per heavy atom. The molecule has 1 aromatic carbocycles. The highest BCUT2D eigenvalue weighted by molar-refractivity contribution is 9.09. The highest BCUT2D eigenvalue weighted by Gasteiger charge is 2.23. The summed E-state index contributed by atoms with van der Waals surface area (Å²) in [4.78, 5) is 14.5. The molecular formula is C16H20BrNO. The number of amides is 1. The number of carbonyl (C=O) groups is 1. The average Bonchev–Trinajstić information content (AvgIpc) is 2.94. The molecular weight excluding hydrogens is 302 g/mol. The molecule has 2 aliphatic rings. The van der Waals surface area contributed by atoms with Crippen molar-refractivity contribution in [3.05, 3.63) is 34.9 Å². The summed E-state index contributed by atoms with van der Waals surface area (Å²) in [6, 6.07) is 6.30. The minimum absolute atomic E-state index is 0.225. The van der Waals surface area contributed by atoms with E-state index < -0.39 is 0 Å². The first-order chi connectivity index (χ1) is 9.28. The quantitative estimate of drug-likeness (QED) is 0.764. The van der Waals surface area contributed by atoms with Crippen molar-refractivity contribution in [2.75, 3.05) is 18.4 Å². The largest absolute Gasteiger partial charge is 0.339 e. The molecule has 1 heterocycles. The van der Waals surface area contributed by atoms with E-state index in [4.69, 9.17) is 0 Å². The molecule has 1 saturated heterocycles. The Labute approximate surface area is 123 Å². The van der Waals surface area contributed by atoms with E-state index in [1.165, 1.54) is 24.0 Å². The van der Waals surface area contributed by atoms with Crippen LogP contribution >= 0.6 is 15.9 Å². The van der Waals surface area contributed by atoms with E-state index in [1.807, 2.05) is 11.0 Å². The van der Waals surface area contributed by atoms with Crippen molar-refractivity contribution in [1.29, 1.82) is 0 Å². The van der Waals surface area contributed by atoms with Crippen LogP contribution in [-0.2, 0) is 12.8 Å². The fourth-order valence-electron chi connectivity index (χ4n) is 3.18. The SMILES string of the molecule is O=C(c1ccc2c(c1)CCC2)N1CCC(CBr)CC1. The second-order valence-corrected chi connectivity index (χ2v) is 6.37.